The molecule has 0 aromatic carbocycles. The summed E-state index contributed by atoms with van der Waals surface area (Å²) in [5.74, 6) is 0.394. The molecule has 0 saturated carbocycles. The molecule has 2 N–H and O–H groups in total. The highest BCUT2D eigenvalue weighted by atomic mass is 35.5. The van der Waals surface area contributed by atoms with E-state index in [0.717, 1.165) is 0 Å². The average molecular weight is 168 g/mol. The molecule has 0 rings (SSSR count). The van der Waals surface area contributed by atoms with Crippen LogP contribution in [0.5, 0.6) is 0 Å². The van der Waals surface area contributed by atoms with Crippen LogP contribution in [0, 0.1) is 5.41 Å². The molecule has 0 aromatic rings. The molecule has 0 spiro atoms. The van der Waals surface area contributed by atoms with Crippen LogP contribution >= 0.6 is 11.6 Å². The molecule has 1 unspecified atom stereocenters. The van der Waals surface area contributed by atoms with Gasteiger partial charge >= 0.3 is 0 Å². The van der Waals surface area contributed by atoms with E-state index in [9.17, 15) is 0 Å². The Bertz CT molecular complexity index is 85.8. The Hall–Kier alpha value is 0.170. The molecular formula is C6H14ClNO2. The summed E-state index contributed by atoms with van der Waals surface area (Å²) in [6, 6.07) is 0. The zero-order valence-electron chi connectivity index (χ0n) is 6.35. The zero-order chi connectivity index (χ0) is 8.04. The first-order valence-electron chi connectivity index (χ1n) is 3.14. The van der Waals surface area contributed by atoms with Crippen molar-refractivity contribution in [1.82, 2.24) is 5.48 Å². The maximum Gasteiger partial charge on any atom is 0.0769 e. The highest BCUT2D eigenvalue weighted by Crippen LogP contribution is 2.16. The first-order valence-corrected chi connectivity index (χ1v) is 3.67. The minimum absolute atomic E-state index is 0.0399. The van der Waals surface area contributed by atoms with E-state index < -0.39 is 0 Å². The first kappa shape index (κ1) is 10.2. The van der Waals surface area contributed by atoms with Gasteiger partial charge in [0.25, 0.3) is 0 Å². The number of halogens is 1. The fourth-order valence-corrected chi connectivity index (χ4v) is 0.535. The lowest BCUT2D eigenvalue weighted by Gasteiger charge is -2.22. The number of nitrogens with one attached hydrogen (secondary N) is 1. The highest BCUT2D eigenvalue weighted by molar-refractivity contribution is 6.18. The molecule has 0 fully saturated rings. The summed E-state index contributed by atoms with van der Waals surface area (Å²) in [5.41, 5.74) is 2.19. The van der Waals surface area contributed by atoms with E-state index in [0.29, 0.717) is 12.5 Å². The Balaban J connectivity index is 3.58. The SMILES string of the molecule is CNOCC(C)(CO)CCl. The summed E-state index contributed by atoms with van der Waals surface area (Å²) in [7, 11) is 1.67. The molecule has 0 amide bonds. The third-order valence-electron chi connectivity index (χ3n) is 1.27. The van der Waals surface area contributed by atoms with Crippen molar-refractivity contribution < 1.29 is 9.94 Å². The minimum Gasteiger partial charge on any atom is -0.396 e. The number of aliphatic hydroxyl groups excluding tert-OH is 1. The molecule has 0 heterocycles. The summed E-state index contributed by atoms with van der Waals surface area (Å²) in [5, 5.41) is 8.82. The van der Waals surface area contributed by atoms with Crippen molar-refractivity contribution in [3.8, 4) is 0 Å². The van der Waals surface area contributed by atoms with Gasteiger partial charge in [0.1, 0.15) is 0 Å². The summed E-state index contributed by atoms with van der Waals surface area (Å²) >= 11 is 5.58. The molecule has 0 radical (unpaired) electrons. The second-order valence-corrected chi connectivity index (χ2v) is 2.86. The predicted octanol–water partition coefficient (Wildman–Crippen LogP) is 0.375. The van der Waals surface area contributed by atoms with E-state index in [4.69, 9.17) is 21.5 Å². The topological polar surface area (TPSA) is 41.5 Å². The summed E-state index contributed by atoms with van der Waals surface area (Å²) in [6.07, 6.45) is 0. The number of hydrogen-bond donors (Lipinski definition) is 2. The molecule has 0 saturated heterocycles. The Morgan fingerprint density at radius 1 is 1.70 bits per heavy atom. The molecule has 3 nitrogen and oxygen atoms in total. The van der Waals surface area contributed by atoms with Gasteiger partial charge in [-0.15, -0.1) is 11.6 Å². The van der Waals surface area contributed by atoms with Gasteiger partial charge in [-0.2, -0.15) is 0 Å². The Morgan fingerprint density at radius 3 is 2.60 bits per heavy atom. The van der Waals surface area contributed by atoms with Crippen molar-refractivity contribution >= 4 is 11.6 Å². The molecule has 1 atom stereocenters. The van der Waals surface area contributed by atoms with Crippen molar-refractivity contribution in [1.29, 1.82) is 0 Å². The van der Waals surface area contributed by atoms with Gasteiger partial charge in [0.15, 0.2) is 0 Å². The Kier molecular flexibility index (Phi) is 4.99. The normalized spacial score (nSPS) is 16.8. The van der Waals surface area contributed by atoms with Gasteiger partial charge in [0, 0.05) is 18.3 Å². The highest BCUT2D eigenvalue weighted by Gasteiger charge is 2.22. The van der Waals surface area contributed by atoms with Crippen molar-refractivity contribution in [2.24, 2.45) is 5.41 Å². The lowest BCUT2D eigenvalue weighted by Crippen LogP contribution is -2.31. The monoisotopic (exact) mass is 167 g/mol. The Labute approximate surface area is 66.3 Å². The number of hydrogen-bond acceptors (Lipinski definition) is 3. The lowest BCUT2D eigenvalue weighted by atomic mass is 9.96. The third kappa shape index (κ3) is 3.37. The number of hydroxylamine groups is 1. The number of rotatable bonds is 5. The van der Waals surface area contributed by atoms with Gasteiger partial charge in [-0.3, -0.25) is 0 Å². The van der Waals surface area contributed by atoms with Crippen LogP contribution in [0.3, 0.4) is 0 Å². The van der Waals surface area contributed by atoms with E-state index in [1.165, 1.54) is 0 Å². The summed E-state index contributed by atoms with van der Waals surface area (Å²) in [4.78, 5) is 4.89. The smallest absolute Gasteiger partial charge is 0.0769 e. The van der Waals surface area contributed by atoms with Gasteiger partial charge < -0.3 is 9.94 Å². The largest absolute Gasteiger partial charge is 0.396 e. The van der Waals surface area contributed by atoms with Gasteiger partial charge in [-0.25, -0.2) is 5.48 Å². The number of aliphatic hydroxyl groups is 1. The summed E-state index contributed by atoms with van der Waals surface area (Å²) in [6.45, 7) is 2.32. The van der Waals surface area contributed by atoms with Gasteiger partial charge in [-0.1, -0.05) is 6.92 Å². The van der Waals surface area contributed by atoms with Crippen molar-refractivity contribution in [2.45, 2.75) is 6.92 Å². The van der Waals surface area contributed by atoms with Crippen LogP contribution in [0.25, 0.3) is 0 Å². The van der Waals surface area contributed by atoms with E-state index in [1.807, 2.05) is 6.92 Å². The maximum absolute atomic E-state index is 8.82. The minimum atomic E-state index is -0.329. The molecule has 4 heteroatoms. The van der Waals surface area contributed by atoms with E-state index in [2.05, 4.69) is 5.48 Å². The van der Waals surface area contributed by atoms with Crippen molar-refractivity contribution in [2.75, 3.05) is 26.1 Å². The van der Waals surface area contributed by atoms with Crippen LogP contribution < -0.4 is 5.48 Å². The number of alkyl halides is 1. The lowest BCUT2D eigenvalue weighted by molar-refractivity contribution is -0.0157. The zero-order valence-corrected chi connectivity index (χ0v) is 7.11. The van der Waals surface area contributed by atoms with E-state index in [-0.39, 0.29) is 12.0 Å². The van der Waals surface area contributed by atoms with Crippen LogP contribution in [0.1, 0.15) is 6.92 Å². The molecule has 0 aromatic heterocycles. The molecule has 0 aliphatic heterocycles. The molecule has 0 aliphatic rings. The first-order chi connectivity index (χ1) is 4.68. The fourth-order valence-electron chi connectivity index (χ4n) is 0.373. The van der Waals surface area contributed by atoms with E-state index >= 15 is 0 Å². The third-order valence-corrected chi connectivity index (χ3v) is 1.91. The van der Waals surface area contributed by atoms with Crippen LogP contribution in [-0.2, 0) is 4.84 Å². The second-order valence-electron chi connectivity index (χ2n) is 2.60. The van der Waals surface area contributed by atoms with Gasteiger partial charge in [0.2, 0.25) is 0 Å². The predicted molar refractivity (Wildman–Crippen MR) is 40.9 cm³/mol. The Morgan fingerprint density at radius 2 is 2.30 bits per heavy atom. The van der Waals surface area contributed by atoms with Crippen LogP contribution in [0.15, 0.2) is 0 Å². The maximum atomic E-state index is 8.82. The average Bonchev–Trinajstić information content (AvgIpc) is 2.00. The van der Waals surface area contributed by atoms with Crippen molar-refractivity contribution in [3.63, 3.8) is 0 Å². The van der Waals surface area contributed by atoms with Crippen LogP contribution in [-0.4, -0.2) is 31.2 Å². The summed E-state index contributed by atoms with van der Waals surface area (Å²) < 4.78 is 0. The quantitative estimate of drug-likeness (QED) is 0.460. The van der Waals surface area contributed by atoms with Crippen LogP contribution in [0.4, 0.5) is 0 Å². The second kappa shape index (κ2) is 4.91. The molecule has 62 valence electrons. The molecular weight excluding hydrogens is 154 g/mol. The van der Waals surface area contributed by atoms with Crippen LogP contribution in [0.2, 0.25) is 0 Å². The van der Waals surface area contributed by atoms with Crippen molar-refractivity contribution in [3.05, 3.63) is 0 Å². The fraction of sp³-hybridized carbons (Fsp3) is 1.00. The molecule has 10 heavy (non-hydrogen) atoms. The molecule has 0 bridgehead atoms. The van der Waals surface area contributed by atoms with E-state index in [1.54, 1.807) is 7.05 Å². The standard InChI is InChI=1S/C6H14ClNO2/c1-6(3-7,4-9)5-10-8-2/h8-9H,3-5H2,1-2H3. The van der Waals surface area contributed by atoms with Gasteiger partial charge in [-0.05, 0) is 0 Å². The van der Waals surface area contributed by atoms with Gasteiger partial charge in [0.05, 0.1) is 13.2 Å². The molecule has 0 aliphatic carbocycles.